The standard InChI is InChI=1S/C14H19N6O7P/c1-3-4-16-28(24,25)26-5-7-9(21)10(22)13(27-7)20-6-19(2)8-11(20)17-14(15)18-12(8)23/h6H,3-5H2,1-2H3,(H6-,15,16,17,18,21,22,23,24,25)/p+1. The van der Waals surface area contributed by atoms with Gasteiger partial charge in [0.15, 0.2) is 12.1 Å². The van der Waals surface area contributed by atoms with Crippen LogP contribution < -0.4 is 20.9 Å². The number of aromatic nitrogens is 4. The molecule has 13 nitrogen and oxygen atoms in total. The van der Waals surface area contributed by atoms with Crippen LogP contribution in [0.5, 0.6) is 11.5 Å². The number of nitrogens with zero attached hydrogens (tertiary/aromatic N) is 3. The monoisotopic (exact) mass is 415 g/mol. The van der Waals surface area contributed by atoms with Crippen molar-refractivity contribution >= 4 is 24.9 Å². The summed E-state index contributed by atoms with van der Waals surface area (Å²) >= 11 is 0. The van der Waals surface area contributed by atoms with E-state index in [2.05, 4.69) is 15.1 Å². The van der Waals surface area contributed by atoms with Crippen LogP contribution in [0.1, 0.15) is 19.1 Å². The average molecular weight is 415 g/mol. The Morgan fingerprint density at radius 2 is 2.18 bits per heavy atom. The molecule has 0 aliphatic carbocycles. The largest absolute Gasteiger partial charge is 0.502 e. The number of fused-ring (bicyclic) bond motifs is 1. The molecule has 0 spiro atoms. The van der Waals surface area contributed by atoms with Crippen molar-refractivity contribution in [3.05, 3.63) is 22.4 Å². The highest BCUT2D eigenvalue weighted by Crippen LogP contribution is 2.42. The number of aryl methyl sites for hydroxylation is 1. The molecule has 3 aromatic heterocycles. The molecule has 3 aromatic rings. The second-order valence-corrected chi connectivity index (χ2v) is 7.56. The van der Waals surface area contributed by atoms with Crippen LogP contribution in [0.4, 0.5) is 5.95 Å². The number of imidazole rings is 1. The maximum Gasteiger partial charge on any atom is 0.403 e. The number of rotatable bonds is 7. The van der Waals surface area contributed by atoms with Crippen LogP contribution in [-0.2, 0) is 22.7 Å². The van der Waals surface area contributed by atoms with Gasteiger partial charge >= 0.3 is 19.3 Å². The van der Waals surface area contributed by atoms with Gasteiger partial charge in [-0.2, -0.15) is 4.57 Å². The molecule has 152 valence electrons. The van der Waals surface area contributed by atoms with Gasteiger partial charge in [-0.25, -0.2) is 9.65 Å². The lowest BCUT2D eigenvalue weighted by molar-refractivity contribution is -0.585. The number of anilines is 1. The van der Waals surface area contributed by atoms with E-state index in [1.54, 1.807) is 7.05 Å². The first-order valence-electron chi connectivity index (χ1n) is 8.17. The molecule has 3 heterocycles. The van der Waals surface area contributed by atoms with Crippen LogP contribution >= 0.6 is 7.75 Å². The van der Waals surface area contributed by atoms with Crippen LogP contribution in [0.2, 0.25) is 0 Å². The minimum absolute atomic E-state index is 0.0673. The molecule has 0 saturated heterocycles. The van der Waals surface area contributed by atoms with Crippen LogP contribution in [0.3, 0.4) is 0 Å². The van der Waals surface area contributed by atoms with E-state index in [9.17, 15) is 24.5 Å². The predicted molar refractivity (Wildman–Crippen MR) is 95.8 cm³/mol. The zero-order valence-corrected chi connectivity index (χ0v) is 15.9. The van der Waals surface area contributed by atoms with Crippen LogP contribution in [0, 0.1) is 0 Å². The van der Waals surface area contributed by atoms with Crippen molar-refractivity contribution in [2.75, 3.05) is 12.3 Å². The van der Waals surface area contributed by atoms with Crippen LogP contribution in [0.15, 0.2) is 15.5 Å². The lowest BCUT2D eigenvalue weighted by atomic mass is 10.4. The number of furan rings is 1. The third-order valence-corrected chi connectivity index (χ3v) is 4.93. The number of H-pyrrole nitrogens is 1. The molecular formula is C14H20N6O7P+. The quantitative estimate of drug-likeness (QED) is 0.221. The maximum atomic E-state index is 12.1. The summed E-state index contributed by atoms with van der Waals surface area (Å²) in [6.07, 6.45) is 1.99. The fraction of sp³-hybridized carbons (Fsp3) is 0.357. The lowest BCUT2D eigenvalue weighted by Gasteiger charge is -2.11. The van der Waals surface area contributed by atoms with Crippen molar-refractivity contribution in [3.8, 4) is 17.4 Å². The molecule has 3 rings (SSSR count). The summed E-state index contributed by atoms with van der Waals surface area (Å²) in [6.45, 7) is 1.47. The Bertz CT molecular complexity index is 1130. The molecule has 0 fully saturated rings. The number of nitrogens with one attached hydrogen (secondary N) is 2. The van der Waals surface area contributed by atoms with Gasteiger partial charge in [0, 0.05) is 6.54 Å². The first kappa shape index (κ1) is 19.9. The van der Waals surface area contributed by atoms with Gasteiger partial charge < -0.3 is 25.3 Å². The summed E-state index contributed by atoms with van der Waals surface area (Å²) in [5.41, 5.74) is 5.28. The Kier molecular flexibility index (Phi) is 5.17. The Morgan fingerprint density at radius 3 is 2.86 bits per heavy atom. The van der Waals surface area contributed by atoms with E-state index >= 15 is 0 Å². The molecule has 14 heteroatoms. The first-order chi connectivity index (χ1) is 13.1. The van der Waals surface area contributed by atoms with Gasteiger partial charge in [0.05, 0.1) is 7.05 Å². The minimum Gasteiger partial charge on any atom is -0.502 e. The third kappa shape index (κ3) is 3.60. The summed E-state index contributed by atoms with van der Waals surface area (Å²) in [7, 11) is -2.54. The van der Waals surface area contributed by atoms with Crippen molar-refractivity contribution in [2.45, 2.75) is 20.0 Å². The summed E-state index contributed by atoms with van der Waals surface area (Å²) in [5.74, 6) is -2.05. The van der Waals surface area contributed by atoms with Gasteiger partial charge in [0.2, 0.25) is 17.0 Å². The zero-order chi connectivity index (χ0) is 20.6. The van der Waals surface area contributed by atoms with E-state index < -0.39 is 31.4 Å². The second-order valence-electron chi connectivity index (χ2n) is 5.95. The van der Waals surface area contributed by atoms with Gasteiger partial charge in [0.1, 0.15) is 6.61 Å². The van der Waals surface area contributed by atoms with E-state index in [4.69, 9.17) is 14.7 Å². The molecule has 0 amide bonds. The number of hydrogen-bond acceptors (Lipinski definition) is 8. The lowest BCUT2D eigenvalue weighted by Crippen LogP contribution is -2.30. The molecule has 1 atom stereocenters. The average Bonchev–Trinajstić information content (AvgIpc) is 3.09. The highest BCUT2D eigenvalue weighted by molar-refractivity contribution is 7.50. The molecule has 28 heavy (non-hydrogen) atoms. The van der Waals surface area contributed by atoms with Gasteiger partial charge in [-0.15, -0.1) is 0 Å². The minimum atomic E-state index is -4.11. The molecule has 0 bridgehead atoms. The Labute approximate surface area is 157 Å². The molecule has 0 aromatic carbocycles. The van der Waals surface area contributed by atoms with Crippen LogP contribution in [0.25, 0.3) is 17.0 Å². The maximum absolute atomic E-state index is 12.1. The van der Waals surface area contributed by atoms with E-state index in [-0.39, 0.29) is 35.3 Å². The van der Waals surface area contributed by atoms with Crippen molar-refractivity contribution in [2.24, 2.45) is 7.05 Å². The summed E-state index contributed by atoms with van der Waals surface area (Å²) in [6, 6.07) is 0. The second kappa shape index (κ2) is 7.28. The van der Waals surface area contributed by atoms with Gasteiger partial charge in [-0.05, 0) is 6.42 Å². The molecule has 0 radical (unpaired) electrons. The first-order valence-corrected chi connectivity index (χ1v) is 9.75. The van der Waals surface area contributed by atoms with Crippen LogP contribution in [-0.4, -0.2) is 36.2 Å². The number of nitrogen functional groups attached to an aromatic ring is 1. The SMILES string of the molecule is CCCNP(=O)(O)OCc1oc(-[n+]2cn(C)c3c(=O)[nH]c(N)nc32)c(O)c1O. The van der Waals surface area contributed by atoms with E-state index in [1.807, 2.05) is 6.92 Å². The predicted octanol–water partition coefficient (Wildman–Crippen LogP) is -0.259. The fourth-order valence-electron chi connectivity index (χ4n) is 2.54. The topological polar surface area (TPSA) is 193 Å². The molecule has 0 aliphatic rings. The van der Waals surface area contributed by atoms with Crippen molar-refractivity contribution in [1.82, 2.24) is 19.6 Å². The van der Waals surface area contributed by atoms with E-state index in [0.29, 0.717) is 6.42 Å². The van der Waals surface area contributed by atoms with E-state index in [1.165, 1.54) is 15.5 Å². The Hall–Kier alpha value is -2.86. The molecule has 1 unspecified atom stereocenters. The molecule has 7 N–H and O–H groups in total. The van der Waals surface area contributed by atoms with Crippen molar-refractivity contribution < 1.29 is 33.2 Å². The normalized spacial score (nSPS) is 13.8. The van der Waals surface area contributed by atoms with Gasteiger partial charge in [0.25, 0.3) is 11.5 Å². The van der Waals surface area contributed by atoms with Gasteiger partial charge in [-0.1, -0.05) is 11.9 Å². The highest BCUT2D eigenvalue weighted by Gasteiger charge is 2.30. The van der Waals surface area contributed by atoms with E-state index in [0.717, 1.165) is 0 Å². The molecular weight excluding hydrogens is 395 g/mol. The molecule has 0 saturated carbocycles. The Balaban J connectivity index is 2.00. The number of nitrogens with two attached hydrogens (primary N) is 1. The smallest absolute Gasteiger partial charge is 0.403 e. The number of hydrogen-bond donors (Lipinski definition) is 6. The summed E-state index contributed by atoms with van der Waals surface area (Å²) < 4.78 is 24.7. The van der Waals surface area contributed by atoms with Crippen molar-refractivity contribution in [3.63, 3.8) is 0 Å². The third-order valence-electron chi connectivity index (χ3n) is 3.83. The number of aromatic amines is 1. The molecule has 0 aliphatic heterocycles. The summed E-state index contributed by atoms with van der Waals surface area (Å²) in [4.78, 5) is 28.1. The number of aromatic hydroxyl groups is 2. The van der Waals surface area contributed by atoms with Crippen molar-refractivity contribution in [1.29, 1.82) is 0 Å². The van der Waals surface area contributed by atoms with Gasteiger partial charge in [-0.3, -0.25) is 18.9 Å². The Morgan fingerprint density at radius 1 is 1.46 bits per heavy atom. The highest BCUT2D eigenvalue weighted by atomic mass is 31.2. The summed E-state index contributed by atoms with van der Waals surface area (Å²) in [5, 5.41) is 22.6. The fourth-order valence-corrected chi connectivity index (χ4v) is 3.43. The zero-order valence-electron chi connectivity index (χ0n) is 15.0.